The van der Waals surface area contributed by atoms with Crippen molar-refractivity contribution < 1.29 is 12.8 Å². The van der Waals surface area contributed by atoms with Crippen molar-refractivity contribution in [3.05, 3.63) is 29.6 Å². The third kappa shape index (κ3) is 5.12. The van der Waals surface area contributed by atoms with Gasteiger partial charge in [-0.15, -0.1) is 0 Å². The van der Waals surface area contributed by atoms with Gasteiger partial charge in [0.15, 0.2) is 0 Å². The molecule has 0 aromatic heterocycles. The second-order valence-electron chi connectivity index (χ2n) is 4.69. The van der Waals surface area contributed by atoms with E-state index in [0.29, 0.717) is 12.1 Å². The number of halogens is 1. The predicted octanol–water partition coefficient (Wildman–Crippen LogP) is 1.85. The average Bonchev–Trinajstić information content (AvgIpc) is 2.46. The van der Waals surface area contributed by atoms with Gasteiger partial charge < -0.3 is 5.73 Å². The smallest absolute Gasteiger partial charge is 0.243 e. The van der Waals surface area contributed by atoms with E-state index in [1.54, 1.807) is 0 Å². The highest BCUT2D eigenvalue weighted by atomic mass is 32.2. The summed E-state index contributed by atoms with van der Waals surface area (Å²) in [5.74, 6) is 4.69. The Labute approximate surface area is 126 Å². The van der Waals surface area contributed by atoms with Gasteiger partial charge in [0, 0.05) is 12.1 Å². The molecule has 0 aliphatic heterocycles. The molecule has 0 heterocycles. The Morgan fingerprint density at radius 2 is 2.00 bits per heavy atom. The van der Waals surface area contributed by atoms with Gasteiger partial charge in [-0.1, -0.05) is 38.5 Å². The zero-order valence-electron chi connectivity index (χ0n) is 12.3. The van der Waals surface area contributed by atoms with Crippen LogP contribution in [-0.2, 0) is 10.0 Å². The largest absolute Gasteiger partial charge is 0.320 e. The van der Waals surface area contributed by atoms with E-state index in [2.05, 4.69) is 16.6 Å². The van der Waals surface area contributed by atoms with Crippen molar-refractivity contribution in [2.75, 3.05) is 13.1 Å². The summed E-state index contributed by atoms with van der Waals surface area (Å²) in [5, 5.41) is 0. The van der Waals surface area contributed by atoms with Gasteiger partial charge >= 0.3 is 0 Å². The van der Waals surface area contributed by atoms with Gasteiger partial charge in [0.25, 0.3) is 0 Å². The quantitative estimate of drug-likeness (QED) is 0.787. The molecule has 0 aliphatic carbocycles. The molecule has 0 amide bonds. The summed E-state index contributed by atoms with van der Waals surface area (Å²) >= 11 is 0. The zero-order valence-corrected chi connectivity index (χ0v) is 13.1. The molecule has 0 radical (unpaired) electrons. The molecule has 0 saturated heterocycles. The molecule has 21 heavy (non-hydrogen) atoms. The highest BCUT2D eigenvalue weighted by Crippen LogP contribution is 2.16. The molecule has 3 N–H and O–H groups in total. The summed E-state index contributed by atoms with van der Waals surface area (Å²) in [5.41, 5.74) is 5.63. The van der Waals surface area contributed by atoms with E-state index in [-0.39, 0.29) is 17.4 Å². The lowest BCUT2D eigenvalue weighted by atomic mass is 10.0. The van der Waals surface area contributed by atoms with Gasteiger partial charge in [-0.2, -0.15) is 0 Å². The maximum absolute atomic E-state index is 13.9. The fourth-order valence-corrected chi connectivity index (χ4v) is 3.01. The predicted molar refractivity (Wildman–Crippen MR) is 81.6 cm³/mol. The van der Waals surface area contributed by atoms with Gasteiger partial charge in [-0.25, -0.2) is 17.5 Å². The fourth-order valence-electron chi connectivity index (χ4n) is 1.83. The monoisotopic (exact) mass is 312 g/mol. The van der Waals surface area contributed by atoms with Crippen molar-refractivity contribution in [1.29, 1.82) is 0 Å². The molecule has 1 aromatic rings. The number of hydrogen-bond acceptors (Lipinski definition) is 3. The van der Waals surface area contributed by atoms with Crippen LogP contribution in [-0.4, -0.2) is 21.5 Å². The molecule has 0 bridgehead atoms. The van der Waals surface area contributed by atoms with E-state index in [1.807, 2.05) is 13.8 Å². The summed E-state index contributed by atoms with van der Waals surface area (Å²) in [6, 6.07) is 3.80. The van der Waals surface area contributed by atoms with Crippen molar-refractivity contribution >= 4 is 10.0 Å². The highest BCUT2D eigenvalue weighted by molar-refractivity contribution is 7.89. The third-order valence-corrected chi connectivity index (χ3v) is 4.73. The first kappa shape index (κ1) is 17.6. The SMILES string of the molecule is CCC(CC)CNS(=O)(=O)c1ccc(C#CCN)cc1F. The Bertz CT molecular complexity index is 629. The molecule has 1 rings (SSSR count). The standard InChI is InChI=1S/C15H21FN2O2S/c1-3-12(4-2)11-18-21(19,20)15-8-7-13(6-5-9-17)10-14(15)16/h7-8,10,12,18H,3-4,9,11,17H2,1-2H3. The number of nitrogens with two attached hydrogens (primary N) is 1. The first-order valence-electron chi connectivity index (χ1n) is 6.92. The van der Waals surface area contributed by atoms with Crippen molar-refractivity contribution in [2.45, 2.75) is 31.6 Å². The van der Waals surface area contributed by atoms with Crippen LogP contribution in [0.15, 0.2) is 23.1 Å². The van der Waals surface area contributed by atoms with Crippen LogP contribution in [0.25, 0.3) is 0 Å². The van der Waals surface area contributed by atoms with Crippen molar-refractivity contribution in [3.8, 4) is 11.8 Å². The highest BCUT2D eigenvalue weighted by Gasteiger charge is 2.20. The number of nitrogens with one attached hydrogen (secondary N) is 1. The van der Waals surface area contributed by atoms with Crippen LogP contribution in [0.5, 0.6) is 0 Å². The summed E-state index contributed by atoms with van der Waals surface area (Å²) in [6.45, 7) is 4.46. The minimum absolute atomic E-state index is 0.165. The Balaban J connectivity index is 2.93. The van der Waals surface area contributed by atoms with E-state index >= 15 is 0 Å². The van der Waals surface area contributed by atoms with Crippen LogP contribution in [0, 0.1) is 23.6 Å². The molecule has 4 nitrogen and oxygen atoms in total. The minimum Gasteiger partial charge on any atom is -0.320 e. The topological polar surface area (TPSA) is 72.2 Å². The van der Waals surface area contributed by atoms with Crippen molar-refractivity contribution in [1.82, 2.24) is 4.72 Å². The first-order chi connectivity index (χ1) is 9.94. The van der Waals surface area contributed by atoms with Crippen LogP contribution in [0.1, 0.15) is 32.3 Å². The number of rotatable bonds is 6. The molecule has 0 aliphatic rings. The number of hydrogen-bond donors (Lipinski definition) is 2. The van der Waals surface area contributed by atoms with Crippen LogP contribution in [0.3, 0.4) is 0 Å². The zero-order chi connectivity index (χ0) is 15.9. The molecule has 116 valence electrons. The molecule has 6 heteroatoms. The van der Waals surface area contributed by atoms with Crippen LogP contribution < -0.4 is 10.5 Å². The summed E-state index contributed by atoms with van der Waals surface area (Å²) in [6.07, 6.45) is 1.74. The second kappa shape index (κ2) is 8.13. The van der Waals surface area contributed by atoms with Crippen molar-refractivity contribution in [2.24, 2.45) is 11.7 Å². The molecular weight excluding hydrogens is 291 g/mol. The number of benzene rings is 1. The molecule has 0 fully saturated rings. The molecule has 1 aromatic carbocycles. The van der Waals surface area contributed by atoms with E-state index in [4.69, 9.17) is 5.73 Å². The maximum Gasteiger partial charge on any atom is 0.243 e. The summed E-state index contributed by atoms with van der Waals surface area (Å²) in [7, 11) is -3.84. The van der Waals surface area contributed by atoms with Gasteiger partial charge in [0.05, 0.1) is 6.54 Å². The van der Waals surface area contributed by atoms with Crippen LogP contribution >= 0.6 is 0 Å². The fraction of sp³-hybridized carbons (Fsp3) is 0.467. The lowest BCUT2D eigenvalue weighted by Gasteiger charge is -2.14. The molecular formula is C15H21FN2O2S. The lowest BCUT2D eigenvalue weighted by Crippen LogP contribution is -2.29. The normalized spacial score (nSPS) is 11.3. The molecule has 0 spiro atoms. The maximum atomic E-state index is 13.9. The van der Waals surface area contributed by atoms with E-state index in [9.17, 15) is 12.8 Å². The van der Waals surface area contributed by atoms with Gasteiger partial charge in [0.2, 0.25) is 10.0 Å². The molecule has 0 saturated carbocycles. The van der Waals surface area contributed by atoms with Gasteiger partial charge in [0.1, 0.15) is 10.7 Å². The third-order valence-electron chi connectivity index (χ3n) is 3.27. The van der Waals surface area contributed by atoms with E-state index in [0.717, 1.165) is 18.9 Å². The Kier molecular flexibility index (Phi) is 6.82. The second-order valence-corrected chi connectivity index (χ2v) is 6.42. The summed E-state index contributed by atoms with van der Waals surface area (Å²) in [4.78, 5) is -0.355. The van der Waals surface area contributed by atoms with Crippen molar-refractivity contribution in [3.63, 3.8) is 0 Å². The van der Waals surface area contributed by atoms with Crippen LogP contribution in [0.2, 0.25) is 0 Å². The molecule has 0 atom stereocenters. The van der Waals surface area contributed by atoms with Gasteiger partial charge in [-0.3, -0.25) is 0 Å². The first-order valence-corrected chi connectivity index (χ1v) is 8.41. The number of sulfonamides is 1. The molecule has 0 unspecified atom stereocenters. The van der Waals surface area contributed by atoms with E-state index in [1.165, 1.54) is 12.1 Å². The Morgan fingerprint density at radius 3 is 2.52 bits per heavy atom. The lowest BCUT2D eigenvalue weighted by molar-refractivity contribution is 0.477. The summed E-state index contributed by atoms with van der Waals surface area (Å²) < 4.78 is 40.6. The van der Waals surface area contributed by atoms with E-state index < -0.39 is 15.8 Å². The van der Waals surface area contributed by atoms with Crippen LogP contribution in [0.4, 0.5) is 4.39 Å². The Morgan fingerprint density at radius 1 is 1.33 bits per heavy atom. The van der Waals surface area contributed by atoms with Gasteiger partial charge in [-0.05, 0) is 24.1 Å². The average molecular weight is 312 g/mol. The Hall–Kier alpha value is -1.42. The minimum atomic E-state index is -3.84.